The average molecular weight is 446 g/mol. The van der Waals surface area contributed by atoms with Crippen LogP contribution in [0.5, 0.6) is 11.5 Å². The summed E-state index contributed by atoms with van der Waals surface area (Å²) < 4.78 is 12.6. The summed E-state index contributed by atoms with van der Waals surface area (Å²) in [5.74, 6) is 2.77. The summed E-state index contributed by atoms with van der Waals surface area (Å²) in [6.45, 7) is 13.5. The third-order valence-electron chi connectivity index (χ3n) is 6.97. The van der Waals surface area contributed by atoms with E-state index in [2.05, 4.69) is 65.1 Å². The van der Waals surface area contributed by atoms with Crippen molar-refractivity contribution in [3.63, 3.8) is 0 Å². The molecule has 0 aliphatic heterocycles. The Hall–Kier alpha value is -1.71. The Balaban J connectivity index is 1.85. The summed E-state index contributed by atoms with van der Waals surface area (Å²) in [6, 6.07) is 6.25. The maximum atomic E-state index is 12.1. The largest absolute Gasteiger partial charge is 0.488 e. The fourth-order valence-corrected chi connectivity index (χ4v) is 4.05. The molecule has 1 aromatic carbocycles. The molecule has 4 nitrogen and oxygen atoms in total. The molecule has 1 amide bonds. The van der Waals surface area contributed by atoms with Gasteiger partial charge in [-0.05, 0) is 83.8 Å². The van der Waals surface area contributed by atoms with Crippen LogP contribution in [0.4, 0.5) is 0 Å². The van der Waals surface area contributed by atoms with Crippen LogP contribution in [0.15, 0.2) is 18.2 Å². The maximum absolute atomic E-state index is 12.1. The van der Waals surface area contributed by atoms with Gasteiger partial charge in [-0.15, -0.1) is 0 Å². The Labute approximate surface area is 196 Å². The van der Waals surface area contributed by atoms with Crippen molar-refractivity contribution in [1.29, 1.82) is 0 Å². The number of carbonyl (C=O) groups is 1. The second-order valence-corrected chi connectivity index (χ2v) is 10.7. The van der Waals surface area contributed by atoms with Crippen molar-refractivity contribution in [2.24, 2.45) is 5.92 Å². The van der Waals surface area contributed by atoms with Crippen LogP contribution in [-0.2, 0) is 11.2 Å². The molecule has 1 aliphatic rings. The second kappa shape index (κ2) is 12.5. The van der Waals surface area contributed by atoms with E-state index in [9.17, 15) is 4.79 Å². The summed E-state index contributed by atoms with van der Waals surface area (Å²) in [5.41, 5.74) is 0.788. The molecule has 4 heteroatoms. The standard InChI is InChI=1S/C28H47NO3/c1-7-27(3,4)31-24-18-17-23(25(21-24)32-28(5,6)8-2)15-11-12-20-29-26(30)19-16-22-13-9-10-14-22/h17-18,21-22H,7-16,19-20H2,1-6H3,(H,29,30). The molecule has 0 unspecified atom stereocenters. The number of hydrogen-bond donors (Lipinski definition) is 1. The van der Waals surface area contributed by atoms with Gasteiger partial charge in [-0.25, -0.2) is 0 Å². The molecule has 0 bridgehead atoms. The Kier molecular flexibility index (Phi) is 10.4. The maximum Gasteiger partial charge on any atom is 0.220 e. The van der Waals surface area contributed by atoms with Gasteiger partial charge in [-0.2, -0.15) is 0 Å². The quantitative estimate of drug-likeness (QED) is 0.307. The van der Waals surface area contributed by atoms with Gasteiger partial charge in [0.2, 0.25) is 5.91 Å². The molecule has 2 rings (SSSR count). The molecule has 0 heterocycles. The molecule has 0 aromatic heterocycles. The van der Waals surface area contributed by atoms with Crippen LogP contribution in [-0.4, -0.2) is 23.7 Å². The van der Waals surface area contributed by atoms with Crippen LogP contribution in [0.2, 0.25) is 0 Å². The molecule has 32 heavy (non-hydrogen) atoms. The summed E-state index contributed by atoms with van der Waals surface area (Å²) in [4.78, 5) is 12.1. The van der Waals surface area contributed by atoms with Gasteiger partial charge in [-0.1, -0.05) is 45.6 Å². The fourth-order valence-electron chi connectivity index (χ4n) is 4.05. The number of aryl methyl sites for hydroxylation is 1. The molecule has 1 aromatic rings. The normalized spacial score (nSPS) is 15.1. The van der Waals surface area contributed by atoms with Crippen molar-refractivity contribution < 1.29 is 14.3 Å². The summed E-state index contributed by atoms with van der Waals surface area (Å²) in [7, 11) is 0. The van der Waals surface area contributed by atoms with Crippen molar-refractivity contribution in [2.75, 3.05) is 6.54 Å². The summed E-state index contributed by atoms with van der Waals surface area (Å²) in [6.07, 6.45) is 11.9. The lowest BCUT2D eigenvalue weighted by Crippen LogP contribution is -2.28. The molecular weight excluding hydrogens is 398 g/mol. The van der Waals surface area contributed by atoms with Gasteiger partial charge in [0.25, 0.3) is 0 Å². The Morgan fingerprint density at radius 2 is 1.66 bits per heavy atom. The highest BCUT2D eigenvalue weighted by molar-refractivity contribution is 5.75. The number of amides is 1. The van der Waals surface area contributed by atoms with E-state index in [1.807, 2.05) is 0 Å². The highest BCUT2D eigenvalue weighted by Gasteiger charge is 2.22. The highest BCUT2D eigenvalue weighted by atomic mass is 16.5. The molecular formula is C28H47NO3. The number of rotatable bonds is 14. The zero-order chi connectivity index (χ0) is 23.6. The molecule has 0 saturated heterocycles. The predicted octanol–water partition coefficient (Wildman–Crippen LogP) is 7.23. The minimum Gasteiger partial charge on any atom is -0.488 e. The van der Waals surface area contributed by atoms with Crippen molar-refractivity contribution in [2.45, 2.75) is 123 Å². The zero-order valence-electron chi connectivity index (χ0n) is 21.5. The van der Waals surface area contributed by atoms with Crippen LogP contribution < -0.4 is 14.8 Å². The van der Waals surface area contributed by atoms with Gasteiger partial charge in [0.05, 0.1) is 0 Å². The lowest BCUT2D eigenvalue weighted by Gasteiger charge is -2.29. The molecule has 0 radical (unpaired) electrons. The van der Waals surface area contributed by atoms with Gasteiger partial charge < -0.3 is 14.8 Å². The first-order valence-corrected chi connectivity index (χ1v) is 12.9. The van der Waals surface area contributed by atoms with Crippen molar-refractivity contribution in [1.82, 2.24) is 5.32 Å². The van der Waals surface area contributed by atoms with Crippen LogP contribution in [0.1, 0.15) is 111 Å². The molecule has 0 atom stereocenters. The van der Waals surface area contributed by atoms with Crippen molar-refractivity contribution in [3.05, 3.63) is 23.8 Å². The van der Waals surface area contributed by atoms with E-state index in [0.29, 0.717) is 6.42 Å². The fraction of sp³-hybridized carbons (Fsp3) is 0.750. The van der Waals surface area contributed by atoms with Crippen LogP contribution >= 0.6 is 0 Å². The first-order valence-electron chi connectivity index (χ1n) is 12.9. The lowest BCUT2D eigenvalue weighted by molar-refractivity contribution is -0.121. The van der Waals surface area contributed by atoms with E-state index in [1.54, 1.807) is 0 Å². The molecule has 1 saturated carbocycles. The number of unbranched alkanes of at least 4 members (excludes halogenated alkanes) is 1. The summed E-state index contributed by atoms with van der Waals surface area (Å²) in [5, 5.41) is 3.11. The topological polar surface area (TPSA) is 47.6 Å². The lowest BCUT2D eigenvalue weighted by atomic mass is 10.0. The van der Waals surface area contributed by atoms with Gasteiger partial charge in [0, 0.05) is 19.0 Å². The third kappa shape index (κ3) is 9.42. The molecule has 1 fully saturated rings. The Morgan fingerprint density at radius 1 is 1.00 bits per heavy atom. The van der Waals surface area contributed by atoms with E-state index in [-0.39, 0.29) is 17.1 Å². The summed E-state index contributed by atoms with van der Waals surface area (Å²) >= 11 is 0. The Morgan fingerprint density at radius 3 is 2.31 bits per heavy atom. The number of carbonyl (C=O) groups excluding carboxylic acids is 1. The van der Waals surface area contributed by atoms with Crippen LogP contribution in [0.3, 0.4) is 0 Å². The van der Waals surface area contributed by atoms with Gasteiger partial charge in [0.15, 0.2) is 0 Å². The predicted molar refractivity (Wildman–Crippen MR) is 134 cm³/mol. The number of nitrogens with one attached hydrogen (secondary N) is 1. The highest BCUT2D eigenvalue weighted by Crippen LogP contribution is 2.32. The molecule has 182 valence electrons. The number of hydrogen-bond acceptors (Lipinski definition) is 3. The first kappa shape index (κ1) is 26.5. The van der Waals surface area contributed by atoms with Crippen LogP contribution in [0.25, 0.3) is 0 Å². The zero-order valence-corrected chi connectivity index (χ0v) is 21.5. The van der Waals surface area contributed by atoms with Crippen LogP contribution in [0, 0.1) is 5.92 Å². The monoisotopic (exact) mass is 445 g/mol. The number of benzene rings is 1. The first-order chi connectivity index (χ1) is 15.1. The van der Waals surface area contributed by atoms with Gasteiger partial charge in [-0.3, -0.25) is 4.79 Å². The molecule has 1 N–H and O–H groups in total. The SMILES string of the molecule is CCC(C)(C)Oc1ccc(CCCCNC(=O)CCC2CCCC2)c(OC(C)(C)CC)c1. The number of ether oxygens (including phenoxy) is 2. The van der Waals surface area contributed by atoms with Crippen molar-refractivity contribution in [3.8, 4) is 11.5 Å². The molecule has 1 aliphatic carbocycles. The third-order valence-corrected chi connectivity index (χ3v) is 6.97. The smallest absolute Gasteiger partial charge is 0.220 e. The average Bonchev–Trinajstić information content (AvgIpc) is 3.26. The molecule has 0 spiro atoms. The van der Waals surface area contributed by atoms with Gasteiger partial charge in [0.1, 0.15) is 22.7 Å². The minimum absolute atomic E-state index is 0.199. The minimum atomic E-state index is -0.221. The Bertz CT molecular complexity index is 705. The van der Waals surface area contributed by atoms with Gasteiger partial charge >= 0.3 is 0 Å². The van der Waals surface area contributed by atoms with E-state index < -0.39 is 0 Å². The van der Waals surface area contributed by atoms with Crippen molar-refractivity contribution >= 4 is 5.91 Å². The second-order valence-electron chi connectivity index (χ2n) is 10.7. The van der Waals surface area contributed by atoms with E-state index >= 15 is 0 Å². The van der Waals surface area contributed by atoms with E-state index in [4.69, 9.17) is 9.47 Å². The van der Waals surface area contributed by atoms with E-state index in [1.165, 1.54) is 31.2 Å². The van der Waals surface area contributed by atoms with E-state index in [0.717, 1.165) is 62.5 Å².